The van der Waals surface area contributed by atoms with Gasteiger partial charge in [-0.1, -0.05) is 79.9 Å². The molecule has 1 aromatic rings. The Labute approximate surface area is 253 Å². The molecule has 2 atom stereocenters. The molecule has 0 bridgehead atoms. The Kier molecular flexibility index (Phi) is 24.3. The van der Waals surface area contributed by atoms with Crippen LogP contribution in [0, 0.1) is 5.41 Å². The molecule has 2 unspecified atom stereocenters. The van der Waals surface area contributed by atoms with Gasteiger partial charge in [0, 0.05) is 43.8 Å². The minimum absolute atomic E-state index is 0. The average Bonchev–Trinajstić information content (AvgIpc) is 2.84. The molecule has 0 aliphatic rings. The van der Waals surface area contributed by atoms with Gasteiger partial charge in [-0.05, 0) is 31.0 Å². The van der Waals surface area contributed by atoms with Crippen LogP contribution in [0.1, 0.15) is 86.6 Å². The van der Waals surface area contributed by atoms with Crippen LogP contribution in [-0.2, 0) is 58.4 Å². The molecule has 215 valence electrons. The van der Waals surface area contributed by atoms with Crippen LogP contribution < -0.4 is 27.1 Å². The summed E-state index contributed by atoms with van der Waals surface area (Å²) < 4.78 is 4.74. The van der Waals surface area contributed by atoms with Gasteiger partial charge < -0.3 is 37.7 Å². The molecule has 7 N–H and O–H groups in total. The first-order valence-corrected chi connectivity index (χ1v) is 12.7. The van der Waals surface area contributed by atoms with Gasteiger partial charge in [0.1, 0.15) is 12.6 Å². The maximum absolute atomic E-state index is 12.3. The number of benzene rings is 1. The van der Waals surface area contributed by atoms with E-state index in [1.54, 1.807) is 43.5 Å². The predicted molar refractivity (Wildman–Crippen MR) is 147 cm³/mol. The van der Waals surface area contributed by atoms with Crippen LogP contribution in [0.15, 0.2) is 24.3 Å². The number of hydrogen-bond donors (Lipinski definition) is 5. The Morgan fingerprint density at radius 1 is 0.947 bits per heavy atom. The second-order valence-corrected chi connectivity index (χ2v) is 9.12. The van der Waals surface area contributed by atoms with E-state index in [0.29, 0.717) is 17.7 Å². The number of carbonyl (C=O) groups is 4. The summed E-state index contributed by atoms with van der Waals surface area (Å²) >= 11 is 0. The number of rotatable bonds is 10. The zero-order chi connectivity index (χ0) is 29.0. The van der Waals surface area contributed by atoms with Gasteiger partial charge in [-0.2, -0.15) is 0 Å². The first kappa shape index (κ1) is 40.4. The van der Waals surface area contributed by atoms with E-state index in [4.69, 9.17) is 16.3 Å². The third-order valence-electron chi connectivity index (χ3n) is 4.50. The van der Waals surface area contributed by atoms with Gasteiger partial charge in [-0.25, -0.2) is 4.79 Å². The fourth-order valence-electron chi connectivity index (χ4n) is 2.63. The molecule has 0 saturated heterocycles. The van der Waals surface area contributed by atoms with Crippen LogP contribution in [0.3, 0.4) is 0 Å². The second kappa shape index (κ2) is 22.9. The minimum atomic E-state index is -1.32. The number of anilines is 1. The summed E-state index contributed by atoms with van der Waals surface area (Å²) in [6.07, 6.45) is 1.82. The minimum Gasteiger partial charge on any atom is -0.581 e. The number of nitrogens with one attached hydrogen (secondary N) is 5. The summed E-state index contributed by atoms with van der Waals surface area (Å²) in [5.74, 6) is 5.17. The summed E-state index contributed by atoms with van der Waals surface area (Å²) in [6.45, 7) is 15.6. The van der Waals surface area contributed by atoms with E-state index in [-0.39, 0.29) is 45.2 Å². The first-order chi connectivity index (χ1) is 17.3. The van der Waals surface area contributed by atoms with Gasteiger partial charge in [0.2, 0.25) is 11.8 Å². The Balaban J connectivity index is -0.00000159. The fraction of sp³-hybridized carbons (Fsp3) is 0.615. The van der Waals surface area contributed by atoms with E-state index in [9.17, 15) is 19.2 Å². The van der Waals surface area contributed by atoms with Crippen molar-refractivity contribution in [2.24, 2.45) is 11.1 Å². The summed E-state index contributed by atoms with van der Waals surface area (Å²) in [6, 6.07) is 5.52. The molecule has 0 aromatic heterocycles. The molecule has 0 aliphatic carbocycles. The van der Waals surface area contributed by atoms with E-state index < -0.39 is 35.5 Å². The van der Waals surface area contributed by atoms with E-state index in [2.05, 4.69) is 43.6 Å². The van der Waals surface area contributed by atoms with Gasteiger partial charge in [-0.3, -0.25) is 14.4 Å². The van der Waals surface area contributed by atoms with Gasteiger partial charge in [0.25, 0.3) is 5.91 Å². The molecule has 4 amide bonds. The Hall–Kier alpha value is -2.08. The number of amides is 4. The molecule has 0 spiro atoms. The standard InChI is InChI=1S/C20H31N6O5.2C3H8.Y/c1-5-10-20(3,4)18(29)23-12(2)16(27)25-15(21)17(28)24-14-8-6-13(7-9-14)11-31-19(30)26-22;2*1-3-2;/h6-9,12,15,22H,5,10-11,21H2,1-4H3,(H,23,29)(H,24,28)(H,25,27)(H,26,30);2*3H2,1-2H3;/q-1;;;. The summed E-state index contributed by atoms with van der Waals surface area (Å²) in [7, 11) is 0. The molecule has 11 nitrogen and oxygen atoms in total. The maximum atomic E-state index is 12.3. The van der Waals surface area contributed by atoms with E-state index in [1.165, 1.54) is 19.8 Å². The van der Waals surface area contributed by atoms with Crippen LogP contribution in [0.5, 0.6) is 0 Å². The quantitative estimate of drug-likeness (QED) is 0.194. The van der Waals surface area contributed by atoms with Crippen molar-refractivity contribution in [3.8, 4) is 0 Å². The van der Waals surface area contributed by atoms with Crippen LogP contribution >= 0.6 is 0 Å². The van der Waals surface area contributed by atoms with Crippen molar-refractivity contribution >= 4 is 29.5 Å². The molecule has 38 heavy (non-hydrogen) atoms. The van der Waals surface area contributed by atoms with Crippen molar-refractivity contribution in [1.29, 1.82) is 0 Å². The zero-order valence-electron chi connectivity index (χ0n) is 24.2. The largest absolute Gasteiger partial charge is 0.581 e. The van der Waals surface area contributed by atoms with Crippen molar-refractivity contribution in [2.45, 2.75) is 99.9 Å². The normalized spacial score (nSPS) is 11.4. The van der Waals surface area contributed by atoms with E-state index >= 15 is 0 Å². The number of nitrogens with two attached hydrogens (primary N) is 1. The molecule has 1 aromatic carbocycles. The van der Waals surface area contributed by atoms with E-state index in [1.807, 2.05) is 6.92 Å². The van der Waals surface area contributed by atoms with Gasteiger partial charge in [0.15, 0.2) is 6.17 Å². The fourth-order valence-corrected chi connectivity index (χ4v) is 2.63. The average molecular weight is 613 g/mol. The number of ether oxygens (including phenoxy) is 1. The molecule has 12 heteroatoms. The Bertz CT molecular complexity index is 819. The van der Waals surface area contributed by atoms with Crippen molar-refractivity contribution in [3.63, 3.8) is 0 Å². The molecule has 0 heterocycles. The maximum Gasteiger partial charge on any atom is 0.390 e. The van der Waals surface area contributed by atoms with Crippen molar-refractivity contribution in [2.75, 3.05) is 5.32 Å². The third-order valence-corrected chi connectivity index (χ3v) is 4.50. The van der Waals surface area contributed by atoms with Crippen LogP contribution in [-0.4, -0.2) is 36.0 Å². The van der Waals surface area contributed by atoms with Crippen molar-refractivity contribution in [1.82, 2.24) is 16.1 Å². The Morgan fingerprint density at radius 3 is 1.89 bits per heavy atom. The Morgan fingerprint density at radius 2 is 1.45 bits per heavy atom. The molecular formula is C26H47N6O5Y-. The monoisotopic (exact) mass is 612 g/mol. The molecule has 0 saturated carbocycles. The van der Waals surface area contributed by atoms with Crippen LogP contribution in [0.4, 0.5) is 10.5 Å². The summed E-state index contributed by atoms with van der Waals surface area (Å²) in [5.41, 5.74) is 7.81. The van der Waals surface area contributed by atoms with E-state index in [0.717, 1.165) is 6.42 Å². The molecule has 1 rings (SSSR count). The first-order valence-electron chi connectivity index (χ1n) is 12.7. The van der Waals surface area contributed by atoms with Crippen LogP contribution in [0.2, 0.25) is 0 Å². The molecular weight excluding hydrogens is 565 g/mol. The topological polar surface area (TPSA) is 175 Å². The van der Waals surface area contributed by atoms with Gasteiger partial charge in [0.05, 0.1) is 0 Å². The molecule has 0 aliphatic heterocycles. The SMILES string of the molecule is CCC.CCC.CCCC(C)(C)C(=O)NC(C)C(=O)NC(N)C(=O)Nc1ccc(COC(=O)N[NH-])cc1.[Y]. The number of carbonyl (C=O) groups excluding carboxylic acids is 4. The van der Waals surface area contributed by atoms with Crippen molar-refractivity contribution in [3.05, 3.63) is 35.7 Å². The third kappa shape index (κ3) is 18.2. The summed E-state index contributed by atoms with van der Waals surface area (Å²) in [4.78, 5) is 47.7. The smallest absolute Gasteiger partial charge is 0.390 e. The molecule has 1 radical (unpaired) electrons. The number of hydrogen-bond acceptors (Lipinski definition) is 6. The van der Waals surface area contributed by atoms with Crippen LogP contribution in [0.25, 0.3) is 5.84 Å². The van der Waals surface area contributed by atoms with Gasteiger partial charge >= 0.3 is 6.09 Å². The van der Waals surface area contributed by atoms with Crippen molar-refractivity contribution < 1.29 is 56.6 Å². The predicted octanol–water partition coefficient (Wildman–Crippen LogP) is 4.38. The second-order valence-electron chi connectivity index (χ2n) is 9.12. The zero-order valence-corrected chi connectivity index (χ0v) is 27.0. The molecule has 0 fully saturated rings. The van der Waals surface area contributed by atoms with Gasteiger partial charge in [-0.15, -0.1) is 0 Å². The summed E-state index contributed by atoms with van der Waals surface area (Å²) in [5, 5.41) is 7.56.